The SMILES string of the molecule is Cl.O=C([O-])C1(c2ccccc2)CCC1. The van der Waals surface area contributed by atoms with Gasteiger partial charge in [0, 0.05) is 5.41 Å². The maximum absolute atomic E-state index is 11.0. The van der Waals surface area contributed by atoms with E-state index >= 15 is 0 Å². The Kier molecular flexibility index (Phi) is 3.17. The summed E-state index contributed by atoms with van der Waals surface area (Å²) in [6.07, 6.45) is 2.43. The molecule has 0 N–H and O–H groups in total. The van der Waals surface area contributed by atoms with Crippen LogP contribution in [-0.4, -0.2) is 5.97 Å². The number of rotatable bonds is 2. The van der Waals surface area contributed by atoms with Gasteiger partial charge in [-0.25, -0.2) is 0 Å². The molecular formula is C11H12ClO2-. The second-order valence-electron chi connectivity index (χ2n) is 3.59. The number of benzene rings is 1. The number of carboxylic acids is 1. The van der Waals surface area contributed by atoms with Crippen LogP contribution >= 0.6 is 12.4 Å². The minimum atomic E-state index is -0.926. The Balaban J connectivity index is 0.000000980. The number of hydrogen-bond donors (Lipinski definition) is 0. The average molecular weight is 212 g/mol. The van der Waals surface area contributed by atoms with Crippen molar-refractivity contribution >= 4 is 18.4 Å². The van der Waals surface area contributed by atoms with Crippen LogP contribution in [0.15, 0.2) is 30.3 Å². The summed E-state index contributed by atoms with van der Waals surface area (Å²) in [6.45, 7) is 0. The molecule has 0 aromatic heterocycles. The number of carboxylic acid groups (broad SMARTS) is 1. The normalized spacial score (nSPS) is 17.7. The zero-order chi connectivity index (χ0) is 9.31. The highest BCUT2D eigenvalue weighted by molar-refractivity contribution is 5.85. The lowest BCUT2D eigenvalue weighted by Gasteiger charge is -2.43. The summed E-state index contributed by atoms with van der Waals surface area (Å²) in [5.41, 5.74) is 0.211. The minimum Gasteiger partial charge on any atom is -0.549 e. The Morgan fingerprint density at radius 2 is 1.79 bits per heavy atom. The first-order valence-electron chi connectivity index (χ1n) is 4.53. The molecule has 0 saturated heterocycles. The summed E-state index contributed by atoms with van der Waals surface area (Å²) in [5, 5.41) is 11.0. The summed E-state index contributed by atoms with van der Waals surface area (Å²) in [7, 11) is 0. The molecule has 76 valence electrons. The standard InChI is InChI=1S/C11H12O2.ClH/c12-10(13)11(7-4-8-11)9-5-2-1-3-6-9;/h1-3,5-6H,4,7-8H2,(H,12,13);1H/p-1. The molecule has 1 aromatic rings. The number of carbonyl (C=O) groups excluding carboxylic acids is 1. The van der Waals surface area contributed by atoms with Gasteiger partial charge < -0.3 is 9.90 Å². The quantitative estimate of drug-likeness (QED) is 0.740. The van der Waals surface area contributed by atoms with Gasteiger partial charge in [-0.1, -0.05) is 36.8 Å². The predicted molar refractivity (Wildman–Crippen MR) is 54.2 cm³/mol. The second kappa shape index (κ2) is 4.01. The van der Waals surface area contributed by atoms with E-state index < -0.39 is 11.4 Å². The lowest BCUT2D eigenvalue weighted by Crippen LogP contribution is -2.50. The van der Waals surface area contributed by atoms with Crippen LogP contribution in [0, 0.1) is 0 Å². The van der Waals surface area contributed by atoms with Crippen LogP contribution in [0.3, 0.4) is 0 Å². The first kappa shape index (κ1) is 11.1. The molecule has 0 aliphatic heterocycles. The Hall–Kier alpha value is -1.02. The van der Waals surface area contributed by atoms with E-state index in [9.17, 15) is 9.90 Å². The van der Waals surface area contributed by atoms with E-state index in [1.807, 2.05) is 30.3 Å². The van der Waals surface area contributed by atoms with E-state index in [0.29, 0.717) is 0 Å². The van der Waals surface area contributed by atoms with Crippen LogP contribution in [0.5, 0.6) is 0 Å². The average Bonchev–Trinajstić information content (AvgIpc) is 2.03. The van der Waals surface area contributed by atoms with Gasteiger partial charge in [0.05, 0.1) is 5.97 Å². The van der Waals surface area contributed by atoms with Crippen molar-refractivity contribution in [3.8, 4) is 0 Å². The van der Waals surface area contributed by atoms with Crippen LogP contribution in [0.1, 0.15) is 24.8 Å². The maximum Gasteiger partial charge on any atom is 0.0520 e. The summed E-state index contributed by atoms with van der Waals surface area (Å²) < 4.78 is 0. The van der Waals surface area contributed by atoms with Crippen LogP contribution in [0.2, 0.25) is 0 Å². The highest BCUT2D eigenvalue weighted by atomic mass is 35.5. The van der Waals surface area contributed by atoms with Gasteiger partial charge in [-0.3, -0.25) is 0 Å². The Morgan fingerprint density at radius 1 is 1.21 bits per heavy atom. The van der Waals surface area contributed by atoms with Crippen molar-refractivity contribution in [1.82, 2.24) is 0 Å². The molecule has 2 nitrogen and oxygen atoms in total. The van der Waals surface area contributed by atoms with Crippen molar-refractivity contribution in [3.05, 3.63) is 35.9 Å². The first-order chi connectivity index (χ1) is 6.26. The molecule has 0 heterocycles. The molecule has 3 heteroatoms. The van der Waals surface area contributed by atoms with E-state index in [0.717, 1.165) is 24.8 Å². The zero-order valence-corrected chi connectivity index (χ0v) is 8.55. The summed E-state index contributed by atoms with van der Waals surface area (Å²) in [6, 6.07) is 9.38. The van der Waals surface area contributed by atoms with Gasteiger partial charge in [-0.05, 0) is 18.4 Å². The van der Waals surface area contributed by atoms with Gasteiger partial charge in [0.1, 0.15) is 0 Å². The van der Waals surface area contributed by atoms with Gasteiger partial charge in [-0.2, -0.15) is 0 Å². The lowest BCUT2D eigenvalue weighted by atomic mass is 9.64. The highest BCUT2D eigenvalue weighted by Crippen LogP contribution is 2.43. The third-order valence-corrected chi connectivity index (χ3v) is 2.92. The molecule has 1 aliphatic carbocycles. The summed E-state index contributed by atoms with van der Waals surface area (Å²) in [4.78, 5) is 11.0. The fourth-order valence-electron chi connectivity index (χ4n) is 1.90. The monoisotopic (exact) mass is 211 g/mol. The van der Waals surface area contributed by atoms with Gasteiger partial charge in [0.15, 0.2) is 0 Å². The lowest BCUT2D eigenvalue weighted by molar-refractivity contribution is -0.317. The zero-order valence-electron chi connectivity index (χ0n) is 7.73. The van der Waals surface area contributed by atoms with Gasteiger partial charge in [-0.15, -0.1) is 12.4 Å². The van der Waals surface area contributed by atoms with Crippen molar-refractivity contribution in [2.24, 2.45) is 0 Å². The van der Waals surface area contributed by atoms with Crippen LogP contribution < -0.4 is 5.11 Å². The van der Waals surface area contributed by atoms with Crippen molar-refractivity contribution in [1.29, 1.82) is 0 Å². The molecule has 1 aliphatic rings. The molecule has 0 spiro atoms. The van der Waals surface area contributed by atoms with Crippen LogP contribution in [0.4, 0.5) is 0 Å². The van der Waals surface area contributed by atoms with E-state index in [4.69, 9.17) is 0 Å². The fraction of sp³-hybridized carbons (Fsp3) is 0.364. The van der Waals surface area contributed by atoms with Gasteiger partial charge in [0.2, 0.25) is 0 Å². The third-order valence-electron chi connectivity index (χ3n) is 2.92. The minimum absolute atomic E-state index is 0. The van der Waals surface area contributed by atoms with Gasteiger partial charge >= 0.3 is 0 Å². The molecular weight excluding hydrogens is 200 g/mol. The molecule has 2 rings (SSSR count). The van der Waals surface area contributed by atoms with Crippen molar-refractivity contribution in [2.45, 2.75) is 24.7 Å². The third kappa shape index (κ3) is 1.50. The van der Waals surface area contributed by atoms with Gasteiger partial charge in [0.25, 0.3) is 0 Å². The largest absolute Gasteiger partial charge is 0.549 e. The predicted octanol–water partition coefficient (Wildman–Crippen LogP) is 1.28. The Morgan fingerprint density at radius 3 is 2.14 bits per heavy atom. The molecule has 0 bridgehead atoms. The Labute approximate surface area is 89.4 Å². The van der Waals surface area contributed by atoms with Crippen molar-refractivity contribution < 1.29 is 9.90 Å². The molecule has 0 atom stereocenters. The van der Waals surface area contributed by atoms with E-state index in [1.165, 1.54) is 0 Å². The van der Waals surface area contributed by atoms with E-state index in [1.54, 1.807) is 0 Å². The summed E-state index contributed by atoms with van der Waals surface area (Å²) >= 11 is 0. The van der Waals surface area contributed by atoms with E-state index in [2.05, 4.69) is 0 Å². The van der Waals surface area contributed by atoms with Crippen molar-refractivity contribution in [2.75, 3.05) is 0 Å². The molecule has 1 saturated carbocycles. The smallest absolute Gasteiger partial charge is 0.0520 e. The maximum atomic E-state index is 11.0. The Bertz CT molecular complexity index is 317. The number of carbonyl (C=O) groups is 1. The van der Waals surface area contributed by atoms with Crippen molar-refractivity contribution in [3.63, 3.8) is 0 Å². The topological polar surface area (TPSA) is 40.1 Å². The van der Waals surface area contributed by atoms with Crippen LogP contribution in [-0.2, 0) is 10.2 Å². The fourth-order valence-corrected chi connectivity index (χ4v) is 1.90. The molecule has 14 heavy (non-hydrogen) atoms. The molecule has 0 amide bonds. The molecule has 1 fully saturated rings. The number of halogens is 1. The molecule has 1 aromatic carbocycles. The molecule has 0 unspecified atom stereocenters. The number of aliphatic carboxylic acids is 1. The van der Waals surface area contributed by atoms with Crippen LogP contribution in [0.25, 0.3) is 0 Å². The molecule has 0 radical (unpaired) electrons. The number of hydrogen-bond acceptors (Lipinski definition) is 2. The first-order valence-corrected chi connectivity index (χ1v) is 4.53. The second-order valence-corrected chi connectivity index (χ2v) is 3.59. The highest BCUT2D eigenvalue weighted by Gasteiger charge is 2.39. The summed E-state index contributed by atoms with van der Waals surface area (Å²) in [5.74, 6) is -0.926. The van der Waals surface area contributed by atoms with E-state index in [-0.39, 0.29) is 12.4 Å².